The summed E-state index contributed by atoms with van der Waals surface area (Å²) in [7, 11) is 0. The molecule has 0 spiro atoms. The number of fused-ring (bicyclic) bond motifs is 1. The smallest absolute Gasteiger partial charge is 0.259 e. The first-order valence-electron chi connectivity index (χ1n) is 8.82. The second-order valence-corrected chi connectivity index (χ2v) is 6.69. The second-order valence-electron chi connectivity index (χ2n) is 6.69. The van der Waals surface area contributed by atoms with Gasteiger partial charge in [0.25, 0.3) is 5.91 Å². The summed E-state index contributed by atoms with van der Waals surface area (Å²) >= 11 is 0. The number of aryl methyl sites for hydroxylation is 2. The lowest BCUT2D eigenvalue weighted by Gasteiger charge is -2.09. The summed E-state index contributed by atoms with van der Waals surface area (Å²) in [4.78, 5) is 17.4. The van der Waals surface area contributed by atoms with Crippen LogP contribution >= 0.6 is 0 Å². The number of pyridine rings is 1. The third-order valence-corrected chi connectivity index (χ3v) is 4.69. The zero-order chi connectivity index (χ0) is 19.0. The van der Waals surface area contributed by atoms with E-state index in [1.54, 1.807) is 10.9 Å². The van der Waals surface area contributed by atoms with Gasteiger partial charge in [-0.2, -0.15) is 5.10 Å². The minimum absolute atomic E-state index is 0.175. The quantitative estimate of drug-likeness (QED) is 0.584. The van der Waals surface area contributed by atoms with E-state index in [1.807, 2.05) is 75.4 Å². The summed E-state index contributed by atoms with van der Waals surface area (Å²) in [6.07, 6.45) is 1.59. The molecule has 0 bridgehead atoms. The topological polar surface area (TPSA) is 59.8 Å². The molecule has 0 unspecified atom stereocenters. The van der Waals surface area contributed by atoms with Crippen molar-refractivity contribution < 1.29 is 4.79 Å². The molecule has 27 heavy (non-hydrogen) atoms. The van der Waals surface area contributed by atoms with Crippen LogP contribution in [0.4, 0.5) is 5.69 Å². The van der Waals surface area contributed by atoms with Gasteiger partial charge in [0.05, 0.1) is 23.0 Å². The van der Waals surface area contributed by atoms with Crippen molar-refractivity contribution >= 4 is 22.5 Å². The van der Waals surface area contributed by atoms with Crippen LogP contribution in [-0.4, -0.2) is 20.7 Å². The Hall–Kier alpha value is -3.47. The molecule has 134 valence electrons. The fourth-order valence-corrected chi connectivity index (χ4v) is 3.18. The van der Waals surface area contributed by atoms with Crippen LogP contribution in [0.1, 0.15) is 27.2 Å². The predicted molar refractivity (Wildman–Crippen MR) is 107 cm³/mol. The predicted octanol–water partition coefficient (Wildman–Crippen LogP) is 4.60. The number of amides is 1. The highest BCUT2D eigenvalue weighted by molar-refractivity contribution is 6.05. The summed E-state index contributed by atoms with van der Waals surface area (Å²) in [6, 6.07) is 17.8. The van der Waals surface area contributed by atoms with E-state index in [4.69, 9.17) is 0 Å². The molecule has 0 saturated carbocycles. The van der Waals surface area contributed by atoms with Gasteiger partial charge in [0.1, 0.15) is 0 Å². The van der Waals surface area contributed by atoms with Gasteiger partial charge < -0.3 is 5.32 Å². The molecule has 2 aromatic heterocycles. The highest BCUT2D eigenvalue weighted by Crippen LogP contribution is 2.20. The van der Waals surface area contributed by atoms with Crippen LogP contribution in [0.3, 0.4) is 0 Å². The fraction of sp³-hybridized carbons (Fsp3) is 0.136. The lowest BCUT2D eigenvalue weighted by atomic mass is 10.1. The molecule has 0 atom stereocenters. The first-order chi connectivity index (χ1) is 13.0. The number of hydrogen-bond acceptors (Lipinski definition) is 3. The van der Waals surface area contributed by atoms with E-state index >= 15 is 0 Å². The van der Waals surface area contributed by atoms with Crippen LogP contribution in [0, 0.1) is 20.8 Å². The molecule has 2 heterocycles. The van der Waals surface area contributed by atoms with Gasteiger partial charge in [0, 0.05) is 11.1 Å². The van der Waals surface area contributed by atoms with Gasteiger partial charge in [-0.1, -0.05) is 35.9 Å². The zero-order valence-corrected chi connectivity index (χ0v) is 15.5. The number of nitrogens with zero attached hydrogens (tertiary/aromatic N) is 3. The van der Waals surface area contributed by atoms with Gasteiger partial charge in [-0.25, -0.2) is 9.67 Å². The molecule has 0 fully saturated rings. The first kappa shape index (κ1) is 17.0. The number of nitrogens with one attached hydrogen (secondary N) is 1. The Morgan fingerprint density at radius 1 is 1.00 bits per heavy atom. The number of carbonyl (C=O) groups is 1. The lowest BCUT2D eigenvalue weighted by molar-refractivity contribution is 0.102. The van der Waals surface area contributed by atoms with Crippen LogP contribution in [0.15, 0.2) is 60.8 Å². The zero-order valence-electron chi connectivity index (χ0n) is 15.5. The highest BCUT2D eigenvalue weighted by Gasteiger charge is 2.16. The molecule has 1 amide bonds. The van der Waals surface area contributed by atoms with Gasteiger partial charge >= 0.3 is 0 Å². The molecule has 5 nitrogen and oxygen atoms in total. The number of benzene rings is 2. The van der Waals surface area contributed by atoms with Crippen molar-refractivity contribution in [2.24, 2.45) is 0 Å². The third kappa shape index (κ3) is 3.19. The summed E-state index contributed by atoms with van der Waals surface area (Å²) in [6.45, 7) is 5.89. The van der Waals surface area contributed by atoms with E-state index < -0.39 is 0 Å². The molecule has 0 radical (unpaired) electrons. The normalized spacial score (nSPS) is 10.9. The van der Waals surface area contributed by atoms with Gasteiger partial charge in [-0.15, -0.1) is 0 Å². The molecule has 5 heteroatoms. The highest BCUT2D eigenvalue weighted by atomic mass is 16.1. The van der Waals surface area contributed by atoms with Crippen LogP contribution in [0.2, 0.25) is 0 Å². The van der Waals surface area contributed by atoms with E-state index in [1.165, 1.54) is 0 Å². The SMILES string of the molecule is Cc1ccc(NC(=O)c2cnn(-c3ccc4ccccc4n3)c2C)c(C)c1. The average Bonchev–Trinajstić information content (AvgIpc) is 3.05. The minimum Gasteiger partial charge on any atom is -0.322 e. The summed E-state index contributed by atoms with van der Waals surface area (Å²) in [5.41, 5.74) is 5.18. The van der Waals surface area contributed by atoms with Crippen LogP contribution in [0.25, 0.3) is 16.7 Å². The maximum atomic E-state index is 12.7. The summed E-state index contributed by atoms with van der Waals surface area (Å²) < 4.78 is 1.70. The van der Waals surface area contributed by atoms with Gasteiger partial charge in [0.2, 0.25) is 0 Å². The number of para-hydroxylation sites is 1. The van der Waals surface area contributed by atoms with E-state index in [0.717, 1.165) is 33.4 Å². The van der Waals surface area contributed by atoms with Gasteiger partial charge in [-0.05, 0) is 50.6 Å². The van der Waals surface area contributed by atoms with E-state index in [9.17, 15) is 4.79 Å². The Bertz CT molecular complexity index is 1160. The molecular weight excluding hydrogens is 336 g/mol. The van der Waals surface area contributed by atoms with Crippen molar-refractivity contribution in [2.45, 2.75) is 20.8 Å². The maximum absolute atomic E-state index is 12.7. The van der Waals surface area contributed by atoms with Gasteiger partial charge in [-0.3, -0.25) is 4.79 Å². The Labute approximate surface area is 157 Å². The Kier molecular flexibility index (Phi) is 4.20. The molecule has 1 N–H and O–H groups in total. The van der Waals surface area contributed by atoms with Crippen molar-refractivity contribution in [3.05, 3.63) is 83.2 Å². The van der Waals surface area contributed by atoms with Crippen molar-refractivity contribution in [3.8, 4) is 5.82 Å². The Morgan fingerprint density at radius 3 is 2.63 bits per heavy atom. The van der Waals surface area contributed by atoms with Crippen LogP contribution < -0.4 is 5.32 Å². The molecule has 2 aromatic carbocycles. The maximum Gasteiger partial charge on any atom is 0.259 e. The molecule has 0 saturated heterocycles. The molecule has 0 aliphatic carbocycles. The van der Waals surface area contributed by atoms with Crippen LogP contribution in [-0.2, 0) is 0 Å². The number of carbonyl (C=O) groups excluding carboxylic acids is 1. The van der Waals surface area contributed by atoms with E-state index in [-0.39, 0.29) is 5.91 Å². The number of anilines is 1. The summed E-state index contributed by atoms with van der Waals surface area (Å²) in [5.74, 6) is 0.517. The molecule has 0 aliphatic heterocycles. The van der Waals surface area contributed by atoms with Crippen molar-refractivity contribution in [1.29, 1.82) is 0 Å². The Morgan fingerprint density at radius 2 is 1.81 bits per heavy atom. The second kappa shape index (κ2) is 6.68. The molecule has 4 aromatic rings. The first-order valence-corrected chi connectivity index (χ1v) is 8.82. The van der Waals surface area contributed by atoms with Crippen LogP contribution in [0.5, 0.6) is 0 Å². The fourth-order valence-electron chi connectivity index (χ4n) is 3.18. The number of rotatable bonds is 3. The van der Waals surface area contributed by atoms with Gasteiger partial charge in [0.15, 0.2) is 5.82 Å². The van der Waals surface area contributed by atoms with Crippen molar-refractivity contribution in [3.63, 3.8) is 0 Å². The molecule has 4 rings (SSSR count). The Balaban J connectivity index is 1.65. The minimum atomic E-state index is -0.175. The van der Waals surface area contributed by atoms with Crippen molar-refractivity contribution in [1.82, 2.24) is 14.8 Å². The molecule has 0 aliphatic rings. The standard InChI is InChI=1S/C22H20N4O/c1-14-8-10-19(15(2)12-14)25-22(27)18-13-23-26(16(18)3)21-11-9-17-6-4-5-7-20(17)24-21/h4-13H,1-3H3,(H,25,27). The molecular formula is C22H20N4O. The lowest BCUT2D eigenvalue weighted by Crippen LogP contribution is -2.14. The van der Waals surface area contributed by atoms with E-state index in [0.29, 0.717) is 11.4 Å². The largest absolute Gasteiger partial charge is 0.322 e. The number of aromatic nitrogens is 3. The third-order valence-electron chi connectivity index (χ3n) is 4.69. The number of hydrogen-bond donors (Lipinski definition) is 1. The average molecular weight is 356 g/mol. The van der Waals surface area contributed by atoms with Crippen molar-refractivity contribution in [2.75, 3.05) is 5.32 Å². The summed E-state index contributed by atoms with van der Waals surface area (Å²) in [5, 5.41) is 8.43. The monoisotopic (exact) mass is 356 g/mol. The van der Waals surface area contributed by atoms with E-state index in [2.05, 4.69) is 15.4 Å².